The van der Waals surface area contributed by atoms with E-state index in [4.69, 9.17) is 5.84 Å². The second kappa shape index (κ2) is 5.97. The van der Waals surface area contributed by atoms with Gasteiger partial charge in [-0.05, 0) is 32.9 Å². The zero-order valence-corrected chi connectivity index (χ0v) is 11.1. The summed E-state index contributed by atoms with van der Waals surface area (Å²) in [5, 5.41) is 0. The highest BCUT2D eigenvalue weighted by atomic mass is 15.3. The Morgan fingerprint density at radius 3 is 2.72 bits per heavy atom. The number of hydrogen-bond acceptors (Lipinski definition) is 6. The lowest BCUT2D eigenvalue weighted by Crippen LogP contribution is -2.37. The highest BCUT2D eigenvalue weighted by Gasteiger charge is 2.20. The van der Waals surface area contributed by atoms with Gasteiger partial charge in [-0.1, -0.05) is 0 Å². The Kier molecular flexibility index (Phi) is 4.33. The predicted octanol–water partition coefficient (Wildman–Crippen LogP) is 0.540. The first-order valence-electron chi connectivity index (χ1n) is 6.37. The number of anilines is 2. The molecule has 0 bridgehead atoms. The Morgan fingerprint density at radius 2 is 2.11 bits per heavy atom. The molecule has 0 saturated carbocycles. The van der Waals surface area contributed by atoms with Crippen LogP contribution >= 0.6 is 0 Å². The fraction of sp³-hybridized carbons (Fsp3) is 0.667. The Balaban J connectivity index is 1.92. The summed E-state index contributed by atoms with van der Waals surface area (Å²) in [6, 6.07) is 1.90. The van der Waals surface area contributed by atoms with Gasteiger partial charge in [-0.3, -0.25) is 0 Å². The van der Waals surface area contributed by atoms with Gasteiger partial charge in [0.15, 0.2) is 0 Å². The molecule has 1 fully saturated rings. The summed E-state index contributed by atoms with van der Waals surface area (Å²) in [4.78, 5) is 12.9. The molecule has 18 heavy (non-hydrogen) atoms. The van der Waals surface area contributed by atoms with E-state index >= 15 is 0 Å². The first kappa shape index (κ1) is 13.0. The van der Waals surface area contributed by atoms with Crippen molar-refractivity contribution in [1.29, 1.82) is 0 Å². The van der Waals surface area contributed by atoms with E-state index in [9.17, 15) is 0 Å². The molecule has 0 amide bonds. The average molecular weight is 250 g/mol. The molecule has 6 heteroatoms. The van der Waals surface area contributed by atoms with Crippen LogP contribution in [0.4, 0.5) is 11.6 Å². The first-order chi connectivity index (χ1) is 8.69. The van der Waals surface area contributed by atoms with E-state index in [0.29, 0.717) is 5.82 Å². The second-order valence-electron chi connectivity index (χ2n) is 5.10. The number of nitrogens with two attached hydrogens (primary N) is 1. The van der Waals surface area contributed by atoms with Gasteiger partial charge in [-0.15, -0.1) is 0 Å². The molecule has 1 aliphatic heterocycles. The minimum atomic E-state index is 0.662. The third-order valence-electron chi connectivity index (χ3n) is 3.36. The largest absolute Gasteiger partial charge is 0.356 e. The van der Waals surface area contributed by atoms with Gasteiger partial charge in [0.25, 0.3) is 0 Å². The van der Waals surface area contributed by atoms with Crippen molar-refractivity contribution in [2.24, 2.45) is 11.8 Å². The standard InChI is InChI=1S/C12H22N6/c1-17(2)8-10-3-5-18(6-4-10)12-7-11(16-13)14-9-15-12/h7,9-10H,3-6,8,13H2,1-2H3,(H,14,15,16). The van der Waals surface area contributed by atoms with Gasteiger partial charge < -0.3 is 15.2 Å². The normalized spacial score (nSPS) is 17.2. The van der Waals surface area contributed by atoms with Crippen LogP contribution in [0.1, 0.15) is 12.8 Å². The number of nitrogen functional groups attached to an aromatic ring is 1. The van der Waals surface area contributed by atoms with Gasteiger partial charge in [0.1, 0.15) is 18.0 Å². The maximum Gasteiger partial charge on any atom is 0.145 e. The highest BCUT2D eigenvalue weighted by molar-refractivity contribution is 5.47. The summed E-state index contributed by atoms with van der Waals surface area (Å²) < 4.78 is 0. The molecule has 0 aliphatic carbocycles. The van der Waals surface area contributed by atoms with Crippen molar-refractivity contribution < 1.29 is 0 Å². The second-order valence-corrected chi connectivity index (χ2v) is 5.10. The van der Waals surface area contributed by atoms with Gasteiger partial charge in [0, 0.05) is 25.7 Å². The molecular weight excluding hydrogens is 228 g/mol. The lowest BCUT2D eigenvalue weighted by Gasteiger charge is -2.33. The van der Waals surface area contributed by atoms with Crippen molar-refractivity contribution in [3.05, 3.63) is 12.4 Å². The molecule has 0 atom stereocenters. The molecule has 1 aromatic heterocycles. The monoisotopic (exact) mass is 250 g/mol. The quantitative estimate of drug-likeness (QED) is 0.600. The number of piperidine rings is 1. The van der Waals surface area contributed by atoms with Gasteiger partial charge in [0.05, 0.1) is 0 Å². The Bertz CT molecular complexity index is 373. The topological polar surface area (TPSA) is 70.3 Å². The van der Waals surface area contributed by atoms with Crippen LogP contribution in [-0.4, -0.2) is 48.6 Å². The number of rotatable bonds is 4. The molecular formula is C12H22N6. The van der Waals surface area contributed by atoms with E-state index in [1.807, 2.05) is 6.07 Å². The third kappa shape index (κ3) is 3.30. The van der Waals surface area contributed by atoms with Gasteiger partial charge >= 0.3 is 0 Å². The van der Waals surface area contributed by atoms with E-state index in [2.05, 4.69) is 39.3 Å². The summed E-state index contributed by atoms with van der Waals surface area (Å²) >= 11 is 0. The fourth-order valence-corrected chi connectivity index (χ4v) is 2.46. The number of nitrogens with zero attached hydrogens (tertiary/aromatic N) is 4. The van der Waals surface area contributed by atoms with Crippen LogP contribution in [-0.2, 0) is 0 Å². The molecule has 0 radical (unpaired) electrons. The summed E-state index contributed by atoms with van der Waals surface area (Å²) in [5.74, 6) is 7.78. The molecule has 1 aliphatic rings. The Hall–Kier alpha value is -1.40. The van der Waals surface area contributed by atoms with E-state index in [0.717, 1.165) is 24.8 Å². The Morgan fingerprint density at radius 1 is 1.39 bits per heavy atom. The van der Waals surface area contributed by atoms with E-state index in [-0.39, 0.29) is 0 Å². The third-order valence-corrected chi connectivity index (χ3v) is 3.36. The molecule has 6 nitrogen and oxygen atoms in total. The molecule has 3 N–H and O–H groups in total. The molecule has 1 saturated heterocycles. The molecule has 1 aromatic rings. The first-order valence-corrected chi connectivity index (χ1v) is 6.37. The zero-order valence-electron chi connectivity index (χ0n) is 11.1. The minimum Gasteiger partial charge on any atom is -0.356 e. The van der Waals surface area contributed by atoms with E-state index < -0.39 is 0 Å². The summed E-state index contributed by atoms with van der Waals surface area (Å²) in [7, 11) is 4.27. The van der Waals surface area contributed by atoms with E-state index in [1.165, 1.54) is 19.4 Å². The van der Waals surface area contributed by atoms with E-state index in [1.54, 1.807) is 6.33 Å². The van der Waals surface area contributed by atoms with Crippen LogP contribution in [0.2, 0.25) is 0 Å². The maximum absolute atomic E-state index is 5.36. The molecule has 0 unspecified atom stereocenters. The van der Waals surface area contributed by atoms with Crippen molar-refractivity contribution in [2.75, 3.05) is 44.1 Å². The van der Waals surface area contributed by atoms with Crippen LogP contribution in [0, 0.1) is 5.92 Å². The Labute approximate surface area is 108 Å². The van der Waals surface area contributed by atoms with Gasteiger partial charge in [0.2, 0.25) is 0 Å². The summed E-state index contributed by atoms with van der Waals surface area (Å²) in [5.41, 5.74) is 2.56. The van der Waals surface area contributed by atoms with Crippen molar-refractivity contribution >= 4 is 11.6 Å². The lowest BCUT2D eigenvalue weighted by atomic mass is 9.96. The van der Waals surface area contributed by atoms with Crippen molar-refractivity contribution in [3.63, 3.8) is 0 Å². The molecule has 2 heterocycles. The maximum atomic E-state index is 5.36. The molecule has 100 valence electrons. The SMILES string of the molecule is CN(C)CC1CCN(c2cc(NN)ncn2)CC1. The van der Waals surface area contributed by atoms with Gasteiger partial charge in [-0.2, -0.15) is 0 Å². The van der Waals surface area contributed by atoms with Crippen molar-refractivity contribution in [2.45, 2.75) is 12.8 Å². The number of hydrazine groups is 1. The molecule has 2 rings (SSSR count). The molecule has 0 aromatic carbocycles. The van der Waals surface area contributed by atoms with Crippen molar-refractivity contribution in [1.82, 2.24) is 14.9 Å². The smallest absolute Gasteiger partial charge is 0.145 e. The predicted molar refractivity (Wildman–Crippen MR) is 73.3 cm³/mol. The highest BCUT2D eigenvalue weighted by Crippen LogP contribution is 2.22. The van der Waals surface area contributed by atoms with Crippen LogP contribution in [0.3, 0.4) is 0 Å². The van der Waals surface area contributed by atoms with Crippen LogP contribution in [0.5, 0.6) is 0 Å². The average Bonchev–Trinajstić information content (AvgIpc) is 2.39. The number of hydrogen-bond donors (Lipinski definition) is 2. The minimum absolute atomic E-state index is 0.662. The van der Waals surface area contributed by atoms with Crippen molar-refractivity contribution in [3.8, 4) is 0 Å². The van der Waals surface area contributed by atoms with Crippen LogP contribution in [0.15, 0.2) is 12.4 Å². The number of aromatic nitrogens is 2. The van der Waals surface area contributed by atoms with Crippen LogP contribution < -0.4 is 16.2 Å². The van der Waals surface area contributed by atoms with Crippen LogP contribution in [0.25, 0.3) is 0 Å². The fourth-order valence-electron chi connectivity index (χ4n) is 2.46. The zero-order chi connectivity index (χ0) is 13.0. The molecule has 0 spiro atoms. The van der Waals surface area contributed by atoms with Gasteiger partial charge in [-0.25, -0.2) is 15.8 Å². The number of nitrogens with one attached hydrogen (secondary N) is 1. The summed E-state index contributed by atoms with van der Waals surface area (Å²) in [6.07, 6.45) is 3.98. The lowest BCUT2D eigenvalue weighted by molar-refractivity contribution is 0.284. The summed E-state index contributed by atoms with van der Waals surface area (Å²) in [6.45, 7) is 3.28.